The smallest absolute Gasteiger partial charge is 0.0651 e. The van der Waals surface area contributed by atoms with Gasteiger partial charge in [-0.2, -0.15) is 0 Å². The summed E-state index contributed by atoms with van der Waals surface area (Å²) in [5.41, 5.74) is 0.358. The van der Waals surface area contributed by atoms with Crippen molar-refractivity contribution >= 4 is 0 Å². The van der Waals surface area contributed by atoms with E-state index in [-0.39, 0.29) is 0 Å². The van der Waals surface area contributed by atoms with E-state index in [1.54, 1.807) is 0 Å². The van der Waals surface area contributed by atoms with E-state index in [0.29, 0.717) is 11.6 Å². The van der Waals surface area contributed by atoms with Crippen molar-refractivity contribution in [3.63, 3.8) is 0 Å². The normalized spacial score (nSPS) is 40.3. The first-order valence-corrected chi connectivity index (χ1v) is 5.83. The van der Waals surface area contributed by atoms with Gasteiger partial charge >= 0.3 is 0 Å². The van der Waals surface area contributed by atoms with E-state index in [2.05, 4.69) is 24.1 Å². The molecule has 0 spiro atoms. The third-order valence-electron chi connectivity index (χ3n) is 3.78. The van der Waals surface area contributed by atoms with Gasteiger partial charge in [-0.3, -0.25) is 4.90 Å². The van der Waals surface area contributed by atoms with Crippen LogP contribution in [0.2, 0.25) is 0 Å². The second-order valence-corrected chi connectivity index (χ2v) is 4.68. The van der Waals surface area contributed by atoms with Crippen LogP contribution in [0, 0.1) is 0 Å². The fourth-order valence-electron chi connectivity index (χ4n) is 2.71. The highest BCUT2D eigenvalue weighted by molar-refractivity contribution is 4.95. The van der Waals surface area contributed by atoms with Crippen LogP contribution in [0.25, 0.3) is 0 Å². The Labute approximate surface area is 86.8 Å². The maximum absolute atomic E-state index is 5.58. The van der Waals surface area contributed by atoms with Crippen LogP contribution in [0.1, 0.15) is 26.7 Å². The third-order valence-corrected chi connectivity index (χ3v) is 3.78. The standard InChI is InChI=1S/C11H22N2O/c1-3-11(4-7-14-9-11)13-6-5-12-10(2)8-13/h10,12H,3-9H2,1-2H3. The zero-order valence-electron chi connectivity index (χ0n) is 9.38. The van der Waals surface area contributed by atoms with Crippen LogP contribution in [0.5, 0.6) is 0 Å². The van der Waals surface area contributed by atoms with E-state index in [0.717, 1.165) is 19.8 Å². The first kappa shape index (κ1) is 10.4. The molecule has 0 radical (unpaired) electrons. The van der Waals surface area contributed by atoms with Gasteiger partial charge in [0.15, 0.2) is 0 Å². The Morgan fingerprint density at radius 2 is 2.43 bits per heavy atom. The summed E-state index contributed by atoms with van der Waals surface area (Å²) in [5, 5.41) is 3.49. The summed E-state index contributed by atoms with van der Waals surface area (Å²) in [6.07, 6.45) is 2.44. The third kappa shape index (κ3) is 1.81. The molecular weight excluding hydrogens is 176 g/mol. The van der Waals surface area contributed by atoms with E-state index in [9.17, 15) is 0 Å². The molecule has 2 rings (SSSR count). The Morgan fingerprint density at radius 3 is 3.00 bits per heavy atom. The monoisotopic (exact) mass is 198 g/mol. The molecular formula is C11H22N2O. The molecule has 2 saturated heterocycles. The number of ether oxygens (including phenoxy) is 1. The molecule has 3 nitrogen and oxygen atoms in total. The molecule has 0 aromatic rings. The summed E-state index contributed by atoms with van der Waals surface area (Å²) < 4.78 is 5.58. The molecule has 0 amide bonds. The van der Waals surface area contributed by atoms with Crippen molar-refractivity contribution in [3.05, 3.63) is 0 Å². The van der Waals surface area contributed by atoms with Crippen LogP contribution in [-0.4, -0.2) is 49.3 Å². The van der Waals surface area contributed by atoms with Gasteiger partial charge in [-0.15, -0.1) is 0 Å². The van der Waals surface area contributed by atoms with Gasteiger partial charge < -0.3 is 10.1 Å². The van der Waals surface area contributed by atoms with Gasteiger partial charge in [-0.05, 0) is 19.8 Å². The Hall–Kier alpha value is -0.120. The van der Waals surface area contributed by atoms with Crippen molar-refractivity contribution in [3.8, 4) is 0 Å². The molecule has 2 heterocycles. The number of hydrogen-bond donors (Lipinski definition) is 1. The molecule has 14 heavy (non-hydrogen) atoms. The molecule has 1 N–H and O–H groups in total. The lowest BCUT2D eigenvalue weighted by Gasteiger charge is -2.44. The van der Waals surface area contributed by atoms with Crippen LogP contribution in [0.4, 0.5) is 0 Å². The average molecular weight is 198 g/mol. The van der Waals surface area contributed by atoms with Gasteiger partial charge in [-0.25, -0.2) is 0 Å². The minimum absolute atomic E-state index is 0.358. The highest BCUT2D eigenvalue weighted by atomic mass is 16.5. The van der Waals surface area contributed by atoms with E-state index in [1.165, 1.54) is 25.9 Å². The highest BCUT2D eigenvalue weighted by Crippen LogP contribution is 2.30. The molecule has 0 bridgehead atoms. The van der Waals surface area contributed by atoms with E-state index < -0.39 is 0 Å². The molecule has 2 atom stereocenters. The lowest BCUT2D eigenvalue weighted by molar-refractivity contribution is 0.0414. The van der Waals surface area contributed by atoms with Crippen molar-refractivity contribution < 1.29 is 4.74 Å². The molecule has 2 fully saturated rings. The van der Waals surface area contributed by atoms with Crippen molar-refractivity contribution in [2.24, 2.45) is 0 Å². The van der Waals surface area contributed by atoms with Crippen LogP contribution in [0.3, 0.4) is 0 Å². The highest BCUT2D eigenvalue weighted by Gasteiger charge is 2.40. The lowest BCUT2D eigenvalue weighted by Crippen LogP contribution is -2.59. The fraction of sp³-hybridized carbons (Fsp3) is 1.00. The van der Waals surface area contributed by atoms with Crippen molar-refractivity contribution in [2.75, 3.05) is 32.8 Å². The molecule has 0 aliphatic carbocycles. The molecule has 2 aliphatic rings. The maximum atomic E-state index is 5.58. The number of nitrogens with one attached hydrogen (secondary N) is 1. The van der Waals surface area contributed by atoms with E-state index in [4.69, 9.17) is 4.74 Å². The molecule has 0 aromatic heterocycles. The summed E-state index contributed by atoms with van der Waals surface area (Å²) in [6, 6.07) is 0.632. The van der Waals surface area contributed by atoms with Gasteiger partial charge in [0.1, 0.15) is 0 Å². The largest absolute Gasteiger partial charge is 0.379 e. The SMILES string of the molecule is CCC1(N2CCNC(C)C2)CCOC1. The zero-order chi connectivity index (χ0) is 10.0. The first-order chi connectivity index (χ1) is 6.77. The van der Waals surface area contributed by atoms with E-state index in [1.807, 2.05) is 0 Å². The Balaban J connectivity index is 2.03. The van der Waals surface area contributed by atoms with Gasteiger partial charge in [0, 0.05) is 37.8 Å². The summed E-state index contributed by atoms with van der Waals surface area (Å²) in [7, 11) is 0. The maximum Gasteiger partial charge on any atom is 0.0651 e. The first-order valence-electron chi connectivity index (χ1n) is 5.83. The molecule has 82 valence electrons. The Bertz CT molecular complexity index is 190. The summed E-state index contributed by atoms with van der Waals surface area (Å²) in [5.74, 6) is 0. The molecule has 2 aliphatic heterocycles. The molecule has 0 saturated carbocycles. The van der Waals surface area contributed by atoms with Gasteiger partial charge in [0.25, 0.3) is 0 Å². The number of piperazine rings is 1. The van der Waals surface area contributed by atoms with Gasteiger partial charge in [0.2, 0.25) is 0 Å². The summed E-state index contributed by atoms with van der Waals surface area (Å²) >= 11 is 0. The predicted molar refractivity (Wildman–Crippen MR) is 57.5 cm³/mol. The topological polar surface area (TPSA) is 24.5 Å². The molecule has 3 heteroatoms. The van der Waals surface area contributed by atoms with Crippen molar-refractivity contribution in [2.45, 2.75) is 38.3 Å². The fourth-order valence-corrected chi connectivity index (χ4v) is 2.71. The van der Waals surface area contributed by atoms with Crippen LogP contribution < -0.4 is 5.32 Å². The Kier molecular flexibility index (Phi) is 3.10. The minimum atomic E-state index is 0.358. The average Bonchev–Trinajstić information content (AvgIpc) is 2.67. The van der Waals surface area contributed by atoms with Gasteiger partial charge in [0.05, 0.1) is 6.61 Å². The van der Waals surface area contributed by atoms with Crippen LogP contribution in [-0.2, 0) is 4.74 Å². The van der Waals surface area contributed by atoms with E-state index >= 15 is 0 Å². The van der Waals surface area contributed by atoms with Crippen molar-refractivity contribution in [1.82, 2.24) is 10.2 Å². The number of hydrogen-bond acceptors (Lipinski definition) is 3. The molecule has 2 unspecified atom stereocenters. The van der Waals surface area contributed by atoms with Gasteiger partial charge in [-0.1, -0.05) is 6.92 Å². The quantitative estimate of drug-likeness (QED) is 0.712. The Morgan fingerprint density at radius 1 is 1.57 bits per heavy atom. The number of nitrogens with zero attached hydrogens (tertiary/aromatic N) is 1. The van der Waals surface area contributed by atoms with Crippen molar-refractivity contribution in [1.29, 1.82) is 0 Å². The minimum Gasteiger partial charge on any atom is -0.379 e. The van der Waals surface area contributed by atoms with Crippen LogP contribution in [0.15, 0.2) is 0 Å². The number of rotatable bonds is 2. The summed E-state index contributed by atoms with van der Waals surface area (Å²) in [4.78, 5) is 2.64. The van der Waals surface area contributed by atoms with Crippen LogP contribution >= 0.6 is 0 Å². The summed E-state index contributed by atoms with van der Waals surface area (Å²) in [6.45, 7) is 9.94. The lowest BCUT2D eigenvalue weighted by atomic mass is 9.91. The second-order valence-electron chi connectivity index (χ2n) is 4.68. The predicted octanol–water partition coefficient (Wildman–Crippen LogP) is 0.849. The molecule has 0 aromatic carbocycles. The zero-order valence-corrected chi connectivity index (χ0v) is 9.38. The second kappa shape index (κ2) is 4.17.